The molecule has 1 nitrogen and oxygen atoms in total. The summed E-state index contributed by atoms with van der Waals surface area (Å²) in [6.45, 7) is 0. The summed E-state index contributed by atoms with van der Waals surface area (Å²) in [5.41, 5.74) is 0.710. The van der Waals surface area contributed by atoms with Gasteiger partial charge < -0.3 is 4.52 Å². The lowest BCUT2D eigenvalue weighted by Gasteiger charge is -2.30. The average molecular weight is 284 g/mol. The van der Waals surface area contributed by atoms with Crippen LogP contribution < -0.4 is 9.83 Å². The molecule has 0 aliphatic heterocycles. The van der Waals surface area contributed by atoms with Crippen LogP contribution in [0.2, 0.25) is 0 Å². The minimum absolute atomic E-state index is 0.550. The molecular formula is C18H21OP. The largest absolute Gasteiger partial charge is 0.469 e. The van der Waals surface area contributed by atoms with Crippen molar-refractivity contribution in [3.8, 4) is 5.75 Å². The Hall–Kier alpha value is -1.33. The first-order valence-electron chi connectivity index (χ1n) is 7.51. The van der Waals surface area contributed by atoms with Crippen LogP contribution in [0.3, 0.4) is 0 Å². The van der Waals surface area contributed by atoms with E-state index in [0.29, 0.717) is 5.66 Å². The summed E-state index contributed by atoms with van der Waals surface area (Å²) >= 11 is 0. The molecule has 104 valence electrons. The van der Waals surface area contributed by atoms with E-state index in [1.165, 1.54) is 37.4 Å². The van der Waals surface area contributed by atoms with Crippen molar-refractivity contribution in [2.24, 2.45) is 0 Å². The molecule has 0 saturated heterocycles. The van der Waals surface area contributed by atoms with Crippen molar-refractivity contribution in [1.29, 1.82) is 0 Å². The van der Waals surface area contributed by atoms with Gasteiger partial charge in [0.1, 0.15) is 13.9 Å². The molecule has 0 bridgehead atoms. The molecule has 1 fully saturated rings. The Morgan fingerprint density at radius 3 is 2.00 bits per heavy atom. The first-order valence-corrected chi connectivity index (χ1v) is 8.84. The first kappa shape index (κ1) is 13.6. The minimum atomic E-state index is -0.550. The standard InChI is InChI=1S/C18H21OP/c1-4-10-16(11-5-1)19-20(17-12-6-2-7-13-17)18-14-8-3-9-15-18/h1-2,4-7,10-13,18H,3,8-9,14-15H2. The molecule has 1 aliphatic rings. The van der Waals surface area contributed by atoms with Crippen LogP contribution in [0.4, 0.5) is 0 Å². The van der Waals surface area contributed by atoms with E-state index in [-0.39, 0.29) is 0 Å². The fraction of sp³-hybridized carbons (Fsp3) is 0.333. The smallest absolute Gasteiger partial charge is 0.123 e. The molecular weight excluding hydrogens is 263 g/mol. The van der Waals surface area contributed by atoms with Gasteiger partial charge in [0.05, 0.1) is 0 Å². The molecule has 2 heteroatoms. The molecule has 1 saturated carbocycles. The van der Waals surface area contributed by atoms with Gasteiger partial charge in [-0.3, -0.25) is 0 Å². The molecule has 20 heavy (non-hydrogen) atoms. The van der Waals surface area contributed by atoms with Crippen LogP contribution in [0.5, 0.6) is 5.75 Å². The molecule has 3 rings (SSSR count). The van der Waals surface area contributed by atoms with Crippen molar-refractivity contribution in [3.05, 3.63) is 60.7 Å². The maximum Gasteiger partial charge on any atom is 0.123 e. The molecule has 1 unspecified atom stereocenters. The number of para-hydroxylation sites is 1. The summed E-state index contributed by atoms with van der Waals surface area (Å²) < 4.78 is 6.40. The molecule has 0 N–H and O–H groups in total. The maximum atomic E-state index is 6.40. The molecule has 2 aromatic carbocycles. The van der Waals surface area contributed by atoms with Gasteiger partial charge in [-0.05, 0) is 25.0 Å². The van der Waals surface area contributed by atoms with Crippen LogP contribution in [0, 0.1) is 0 Å². The van der Waals surface area contributed by atoms with Crippen molar-refractivity contribution in [2.45, 2.75) is 37.8 Å². The van der Waals surface area contributed by atoms with Crippen LogP contribution >= 0.6 is 8.15 Å². The molecule has 0 heterocycles. The SMILES string of the molecule is c1ccc(OP(c2ccccc2)C2CCCCC2)cc1. The molecule has 0 radical (unpaired) electrons. The minimum Gasteiger partial charge on any atom is -0.469 e. The number of hydrogen-bond donors (Lipinski definition) is 0. The third kappa shape index (κ3) is 3.41. The Kier molecular flexibility index (Phi) is 4.71. The molecule has 0 amide bonds. The Labute approximate surface area is 122 Å². The van der Waals surface area contributed by atoms with Crippen LogP contribution in [-0.2, 0) is 0 Å². The molecule has 0 spiro atoms. The Balaban J connectivity index is 1.83. The average Bonchev–Trinajstić information content (AvgIpc) is 2.55. The zero-order valence-electron chi connectivity index (χ0n) is 11.7. The second-order valence-electron chi connectivity index (χ2n) is 5.36. The lowest BCUT2D eigenvalue weighted by molar-refractivity contribution is 0.489. The highest BCUT2D eigenvalue weighted by molar-refractivity contribution is 7.62. The van der Waals surface area contributed by atoms with E-state index < -0.39 is 8.15 Å². The van der Waals surface area contributed by atoms with Gasteiger partial charge in [0, 0.05) is 11.0 Å². The molecule has 0 aromatic heterocycles. The molecule has 1 aliphatic carbocycles. The fourth-order valence-corrected chi connectivity index (χ4v) is 5.15. The zero-order chi connectivity index (χ0) is 13.6. The van der Waals surface area contributed by atoms with E-state index in [9.17, 15) is 0 Å². The van der Waals surface area contributed by atoms with Gasteiger partial charge in [0.15, 0.2) is 0 Å². The summed E-state index contributed by atoms with van der Waals surface area (Å²) in [4.78, 5) is 0. The number of hydrogen-bond acceptors (Lipinski definition) is 1. The van der Waals surface area contributed by atoms with Gasteiger partial charge in [-0.15, -0.1) is 0 Å². The van der Waals surface area contributed by atoms with Crippen molar-refractivity contribution >= 4 is 13.5 Å². The highest BCUT2D eigenvalue weighted by Crippen LogP contribution is 2.47. The first-order chi connectivity index (χ1) is 9.93. The van der Waals surface area contributed by atoms with Crippen molar-refractivity contribution in [3.63, 3.8) is 0 Å². The Morgan fingerprint density at radius 2 is 1.35 bits per heavy atom. The van der Waals surface area contributed by atoms with Gasteiger partial charge in [0.25, 0.3) is 0 Å². The normalized spacial score (nSPS) is 17.6. The molecule has 1 atom stereocenters. The summed E-state index contributed by atoms with van der Waals surface area (Å²) in [6.07, 6.45) is 6.73. The van der Waals surface area contributed by atoms with Crippen LogP contribution in [0.1, 0.15) is 32.1 Å². The van der Waals surface area contributed by atoms with E-state index in [1.54, 1.807) is 0 Å². The number of rotatable bonds is 4. The van der Waals surface area contributed by atoms with Crippen molar-refractivity contribution in [2.75, 3.05) is 0 Å². The fourth-order valence-electron chi connectivity index (χ4n) is 2.82. The Morgan fingerprint density at radius 1 is 0.750 bits per heavy atom. The van der Waals surface area contributed by atoms with E-state index in [1.807, 2.05) is 6.07 Å². The third-order valence-electron chi connectivity index (χ3n) is 3.86. The number of benzene rings is 2. The van der Waals surface area contributed by atoms with Gasteiger partial charge in [-0.25, -0.2) is 0 Å². The van der Waals surface area contributed by atoms with Gasteiger partial charge >= 0.3 is 0 Å². The quantitative estimate of drug-likeness (QED) is 0.708. The van der Waals surface area contributed by atoms with Crippen molar-refractivity contribution in [1.82, 2.24) is 0 Å². The van der Waals surface area contributed by atoms with Crippen LogP contribution in [0.15, 0.2) is 60.7 Å². The summed E-state index contributed by atoms with van der Waals surface area (Å²) in [5.74, 6) is 1.01. The van der Waals surface area contributed by atoms with E-state index in [0.717, 1.165) is 5.75 Å². The predicted molar refractivity (Wildman–Crippen MR) is 86.9 cm³/mol. The highest BCUT2D eigenvalue weighted by Gasteiger charge is 2.27. The Bertz CT molecular complexity index is 505. The monoisotopic (exact) mass is 284 g/mol. The van der Waals surface area contributed by atoms with Crippen molar-refractivity contribution < 1.29 is 4.52 Å². The second-order valence-corrected chi connectivity index (χ2v) is 7.44. The molecule has 2 aromatic rings. The van der Waals surface area contributed by atoms with E-state index >= 15 is 0 Å². The van der Waals surface area contributed by atoms with Gasteiger partial charge in [-0.2, -0.15) is 0 Å². The van der Waals surface area contributed by atoms with E-state index in [4.69, 9.17) is 4.52 Å². The topological polar surface area (TPSA) is 9.23 Å². The summed E-state index contributed by atoms with van der Waals surface area (Å²) in [6, 6.07) is 21.1. The van der Waals surface area contributed by atoms with Crippen LogP contribution in [-0.4, -0.2) is 5.66 Å². The van der Waals surface area contributed by atoms with E-state index in [2.05, 4.69) is 54.6 Å². The third-order valence-corrected chi connectivity index (χ3v) is 6.26. The van der Waals surface area contributed by atoms with Gasteiger partial charge in [-0.1, -0.05) is 67.8 Å². The highest BCUT2D eigenvalue weighted by atomic mass is 31.1. The lowest BCUT2D eigenvalue weighted by Crippen LogP contribution is -2.20. The predicted octanol–water partition coefficient (Wildman–Crippen LogP) is 5.12. The van der Waals surface area contributed by atoms with Crippen LogP contribution in [0.25, 0.3) is 0 Å². The zero-order valence-corrected chi connectivity index (χ0v) is 12.6. The second kappa shape index (κ2) is 6.90. The maximum absolute atomic E-state index is 6.40. The summed E-state index contributed by atoms with van der Waals surface area (Å²) in [7, 11) is -0.550. The summed E-state index contributed by atoms with van der Waals surface area (Å²) in [5, 5.41) is 1.37. The van der Waals surface area contributed by atoms with Gasteiger partial charge in [0.2, 0.25) is 0 Å². The lowest BCUT2D eigenvalue weighted by atomic mass is 10.0.